The standard InChI is InChI=1S/C16H30O4/c1-9-19-14(17)13(11(4)5)20-15(18)16(7,8)12(6)10(2)3/h10-13H,9H2,1-8H3. The summed E-state index contributed by atoms with van der Waals surface area (Å²) in [6.07, 6.45) is -0.832. The van der Waals surface area contributed by atoms with Crippen molar-refractivity contribution in [3.63, 3.8) is 0 Å². The van der Waals surface area contributed by atoms with Gasteiger partial charge in [0, 0.05) is 5.92 Å². The van der Waals surface area contributed by atoms with Crippen molar-refractivity contribution in [3.8, 4) is 0 Å². The molecule has 0 saturated heterocycles. The highest BCUT2D eigenvalue weighted by atomic mass is 16.6. The van der Waals surface area contributed by atoms with Crippen molar-refractivity contribution in [2.75, 3.05) is 6.61 Å². The molecule has 0 aromatic heterocycles. The molecule has 0 aromatic carbocycles. The molecule has 4 heteroatoms. The topological polar surface area (TPSA) is 52.6 Å². The first kappa shape index (κ1) is 18.9. The van der Waals surface area contributed by atoms with E-state index in [-0.39, 0.29) is 24.4 Å². The lowest BCUT2D eigenvalue weighted by Gasteiger charge is -2.33. The Hall–Kier alpha value is -1.06. The minimum Gasteiger partial charge on any atom is -0.463 e. The Morgan fingerprint density at radius 2 is 1.50 bits per heavy atom. The SMILES string of the molecule is CCOC(=O)C(OC(=O)C(C)(C)C(C)C(C)C)C(C)C. The van der Waals surface area contributed by atoms with Crippen molar-refractivity contribution >= 4 is 11.9 Å². The normalized spacial score (nSPS) is 15.1. The summed E-state index contributed by atoms with van der Waals surface area (Å²) in [5.41, 5.74) is -0.631. The summed E-state index contributed by atoms with van der Waals surface area (Å²) in [6.45, 7) is 15.6. The molecule has 0 amide bonds. The van der Waals surface area contributed by atoms with Crippen LogP contribution in [-0.4, -0.2) is 24.6 Å². The van der Waals surface area contributed by atoms with E-state index in [1.165, 1.54) is 0 Å². The summed E-state index contributed by atoms with van der Waals surface area (Å²) in [6, 6.07) is 0. The maximum Gasteiger partial charge on any atom is 0.347 e. The smallest absolute Gasteiger partial charge is 0.347 e. The highest BCUT2D eigenvalue weighted by Gasteiger charge is 2.40. The van der Waals surface area contributed by atoms with Crippen molar-refractivity contribution in [2.45, 2.75) is 61.5 Å². The number of hydrogen-bond donors (Lipinski definition) is 0. The van der Waals surface area contributed by atoms with Crippen LogP contribution in [0.4, 0.5) is 0 Å². The summed E-state index contributed by atoms with van der Waals surface area (Å²) in [7, 11) is 0. The number of hydrogen-bond acceptors (Lipinski definition) is 4. The highest BCUT2D eigenvalue weighted by molar-refractivity contribution is 5.82. The van der Waals surface area contributed by atoms with E-state index < -0.39 is 17.5 Å². The summed E-state index contributed by atoms with van der Waals surface area (Å²) in [4.78, 5) is 24.3. The fourth-order valence-electron chi connectivity index (χ4n) is 1.97. The molecule has 0 rings (SSSR count). The molecule has 0 spiro atoms. The molecule has 0 aromatic rings. The highest BCUT2D eigenvalue weighted by Crippen LogP contribution is 2.34. The van der Waals surface area contributed by atoms with Crippen molar-refractivity contribution in [1.29, 1.82) is 0 Å². The third-order valence-corrected chi connectivity index (χ3v) is 4.02. The first-order chi connectivity index (χ1) is 9.05. The molecular weight excluding hydrogens is 256 g/mol. The van der Waals surface area contributed by atoms with Crippen LogP contribution < -0.4 is 0 Å². The number of ether oxygens (including phenoxy) is 2. The van der Waals surface area contributed by atoms with Crippen LogP contribution in [0, 0.1) is 23.2 Å². The zero-order valence-corrected chi connectivity index (χ0v) is 14.1. The summed E-state index contributed by atoms with van der Waals surface area (Å²) in [5, 5.41) is 0. The first-order valence-electron chi connectivity index (χ1n) is 7.43. The number of carbonyl (C=O) groups excluding carboxylic acids is 2. The molecule has 0 aliphatic carbocycles. The monoisotopic (exact) mass is 286 g/mol. The van der Waals surface area contributed by atoms with E-state index in [1.807, 2.05) is 34.6 Å². The molecule has 118 valence electrons. The van der Waals surface area contributed by atoms with Crippen molar-refractivity contribution in [3.05, 3.63) is 0 Å². The molecule has 0 saturated carbocycles. The van der Waals surface area contributed by atoms with Crippen LogP contribution in [0.2, 0.25) is 0 Å². The van der Waals surface area contributed by atoms with Crippen LogP contribution in [0.1, 0.15) is 55.4 Å². The second-order valence-corrected chi connectivity index (χ2v) is 6.58. The van der Waals surface area contributed by atoms with Gasteiger partial charge in [-0.3, -0.25) is 4.79 Å². The van der Waals surface area contributed by atoms with Crippen LogP contribution in [0.15, 0.2) is 0 Å². The quantitative estimate of drug-likeness (QED) is 0.673. The molecule has 4 nitrogen and oxygen atoms in total. The fourth-order valence-corrected chi connectivity index (χ4v) is 1.97. The van der Waals surface area contributed by atoms with Crippen LogP contribution in [0.3, 0.4) is 0 Å². The molecule has 0 bridgehead atoms. The average molecular weight is 286 g/mol. The van der Waals surface area contributed by atoms with Gasteiger partial charge in [0.2, 0.25) is 6.10 Å². The minimum atomic E-state index is -0.832. The van der Waals surface area contributed by atoms with Gasteiger partial charge in [0.1, 0.15) is 0 Å². The van der Waals surface area contributed by atoms with E-state index in [2.05, 4.69) is 13.8 Å². The van der Waals surface area contributed by atoms with Crippen LogP contribution in [0.25, 0.3) is 0 Å². The van der Waals surface area contributed by atoms with Crippen LogP contribution in [-0.2, 0) is 19.1 Å². The molecule has 0 N–H and O–H groups in total. The van der Waals surface area contributed by atoms with Crippen LogP contribution in [0.5, 0.6) is 0 Å². The van der Waals surface area contributed by atoms with Crippen molar-refractivity contribution < 1.29 is 19.1 Å². The van der Waals surface area contributed by atoms with E-state index in [1.54, 1.807) is 6.92 Å². The Labute approximate surface area is 123 Å². The van der Waals surface area contributed by atoms with E-state index in [0.717, 1.165) is 0 Å². The summed E-state index contributed by atoms with van der Waals surface area (Å²) < 4.78 is 10.4. The van der Waals surface area contributed by atoms with Gasteiger partial charge in [0.15, 0.2) is 0 Å². The summed E-state index contributed by atoms with van der Waals surface area (Å²) in [5.74, 6) is -0.403. The number of esters is 2. The summed E-state index contributed by atoms with van der Waals surface area (Å²) >= 11 is 0. The molecule has 2 atom stereocenters. The van der Waals surface area contributed by atoms with E-state index >= 15 is 0 Å². The van der Waals surface area contributed by atoms with Gasteiger partial charge < -0.3 is 9.47 Å². The van der Waals surface area contributed by atoms with Crippen molar-refractivity contribution in [1.82, 2.24) is 0 Å². The van der Waals surface area contributed by atoms with Gasteiger partial charge in [-0.15, -0.1) is 0 Å². The maximum absolute atomic E-state index is 12.4. The van der Waals surface area contributed by atoms with Crippen molar-refractivity contribution in [2.24, 2.45) is 23.2 Å². The Morgan fingerprint density at radius 3 is 1.85 bits per heavy atom. The molecule has 0 fully saturated rings. The number of carbonyl (C=O) groups is 2. The van der Waals surface area contributed by atoms with E-state index in [4.69, 9.17) is 9.47 Å². The van der Waals surface area contributed by atoms with Gasteiger partial charge in [0.25, 0.3) is 0 Å². The molecule has 20 heavy (non-hydrogen) atoms. The zero-order chi connectivity index (χ0) is 16.1. The predicted octanol–water partition coefficient (Wildman–Crippen LogP) is 3.44. The molecular formula is C16H30O4. The van der Waals surface area contributed by atoms with Gasteiger partial charge in [0.05, 0.1) is 12.0 Å². The molecule has 0 heterocycles. The Morgan fingerprint density at radius 1 is 1.00 bits per heavy atom. The Kier molecular flexibility index (Phi) is 7.25. The second kappa shape index (κ2) is 7.65. The lowest BCUT2D eigenvalue weighted by atomic mass is 9.74. The molecule has 0 radical (unpaired) electrons. The second-order valence-electron chi connectivity index (χ2n) is 6.58. The number of rotatable bonds is 7. The van der Waals surface area contributed by atoms with Gasteiger partial charge in [-0.1, -0.05) is 34.6 Å². The fraction of sp³-hybridized carbons (Fsp3) is 0.875. The third-order valence-electron chi connectivity index (χ3n) is 4.02. The zero-order valence-electron chi connectivity index (χ0n) is 14.1. The largest absolute Gasteiger partial charge is 0.463 e. The van der Waals surface area contributed by atoms with E-state index in [9.17, 15) is 9.59 Å². The lowest BCUT2D eigenvalue weighted by Crippen LogP contribution is -2.41. The Bertz CT molecular complexity index is 331. The Balaban J connectivity index is 4.97. The minimum absolute atomic E-state index is 0.108. The molecule has 0 aliphatic rings. The molecule has 2 unspecified atom stereocenters. The van der Waals surface area contributed by atoms with E-state index in [0.29, 0.717) is 5.92 Å². The van der Waals surface area contributed by atoms with Crippen LogP contribution >= 0.6 is 0 Å². The van der Waals surface area contributed by atoms with Gasteiger partial charge in [-0.2, -0.15) is 0 Å². The third kappa shape index (κ3) is 4.80. The van der Waals surface area contributed by atoms with Gasteiger partial charge in [-0.25, -0.2) is 4.79 Å². The lowest BCUT2D eigenvalue weighted by molar-refractivity contribution is -0.179. The van der Waals surface area contributed by atoms with Gasteiger partial charge >= 0.3 is 11.9 Å². The first-order valence-corrected chi connectivity index (χ1v) is 7.43. The average Bonchev–Trinajstić information content (AvgIpc) is 2.33. The predicted molar refractivity (Wildman–Crippen MR) is 79.1 cm³/mol. The van der Waals surface area contributed by atoms with Gasteiger partial charge in [-0.05, 0) is 32.6 Å². The maximum atomic E-state index is 12.4. The molecule has 0 aliphatic heterocycles.